The molecule has 0 aromatic heterocycles. The Balaban J connectivity index is 1.64. The molecule has 9 atom stereocenters. The van der Waals surface area contributed by atoms with Crippen LogP contribution >= 0.6 is 0 Å². The molecule has 0 heterocycles. The van der Waals surface area contributed by atoms with Crippen LogP contribution in [0.4, 0.5) is 0 Å². The fourth-order valence-corrected chi connectivity index (χ4v) is 8.18. The molecule has 4 aliphatic rings. The van der Waals surface area contributed by atoms with E-state index in [0.29, 0.717) is 17.9 Å². The molecule has 5 nitrogen and oxygen atoms in total. The van der Waals surface area contributed by atoms with Gasteiger partial charge < -0.3 is 14.6 Å². The van der Waals surface area contributed by atoms with Gasteiger partial charge in [-0.3, -0.25) is 4.79 Å². The summed E-state index contributed by atoms with van der Waals surface area (Å²) in [4.78, 5) is 26.8. The van der Waals surface area contributed by atoms with E-state index in [-0.39, 0.29) is 29.6 Å². The van der Waals surface area contributed by atoms with Crippen molar-refractivity contribution in [1.82, 2.24) is 0 Å². The van der Waals surface area contributed by atoms with Crippen LogP contribution in [0, 0.1) is 40.9 Å². The molecule has 0 radical (unpaired) electrons. The zero-order valence-electron chi connectivity index (χ0n) is 23.3. The zero-order valence-corrected chi connectivity index (χ0v) is 23.3. The van der Waals surface area contributed by atoms with Crippen molar-refractivity contribution in [3.63, 3.8) is 0 Å². The Bertz CT molecular complexity index is 1150. The number of carbonyl (C=O) groups excluding carboxylic acids is 2. The first-order chi connectivity index (χ1) is 17.4. The Hall–Kier alpha value is -2.40. The summed E-state index contributed by atoms with van der Waals surface area (Å²) >= 11 is 0. The third-order valence-electron chi connectivity index (χ3n) is 10.3. The predicted molar refractivity (Wildman–Crippen MR) is 143 cm³/mol. The molecule has 1 unspecified atom stereocenters. The summed E-state index contributed by atoms with van der Waals surface area (Å²) in [6.45, 7) is 14.3. The first-order valence-electron chi connectivity index (χ1n) is 13.9. The monoisotopic (exact) mass is 506 g/mol. The van der Waals surface area contributed by atoms with Crippen LogP contribution in [0.25, 0.3) is 0 Å². The van der Waals surface area contributed by atoms with Gasteiger partial charge in [-0.05, 0) is 51.2 Å². The third kappa shape index (κ3) is 3.67. The molecule has 1 aromatic carbocycles. The van der Waals surface area contributed by atoms with Crippen molar-refractivity contribution in [2.45, 2.75) is 85.0 Å². The first kappa shape index (κ1) is 26.2. The fraction of sp³-hybridized carbons (Fsp3) is 0.625. The van der Waals surface area contributed by atoms with Crippen molar-refractivity contribution in [3.8, 4) is 0 Å². The molecular weight excluding hydrogens is 464 g/mol. The molecule has 2 saturated carbocycles. The summed E-state index contributed by atoms with van der Waals surface area (Å²) in [7, 11) is 0. The molecule has 2 fully saturated rings. The standard InChI is InChI=1S/C32H42O5/c1-8-20(4)28(33)37-32-26(30(32,6)7)25-17-19(3)15-23-14-18(2)16-24(23)31(25,35)21(5)27(32)36-29(34)22-12-10-9-11-13-22/h9-13,16-17,20-21,23-27,35H,8,14-15H2,1-7H3/t20?,21-,23-,24-,25+,26-,27-,31+,32-/m1/s1. The molecule has 0 aliphatic heterocycles. The van der Waals surface area contributed by atoms with Crippen molar-refractivity contribution >= 4 is 11.9 Å². The summed E-state index contributed by atoms with van der Waals surface area (Å²) in [5.74, 6) is -1.50. The first-order valence-corrected chi connectivity index (χ1v) is 13.9. The fourth-order valence-electron chi connectivity index (χ4n) is 8.18. The van der Waals surface area contributed by atoms with Gasteiger partial charge in [-0.2, -0.15) is 0 Å². The van der Waals surface area contributed by atoms with Crippen LogP contribution in [0.5, 0.6) is 0 Å². The second-order valence-corrected chi connectivity index (χ2v) is 12.8. The van der Waals surface area contributed by atoms with Crippen LogP contribution in [-0.4, -0.2) is 34.4 Å². The predicted octanol–water partition coefficient (Wildman–Crippen LogP) is 6.13. The van der Waals surface area contributed by atoms with Gasteiger partial charge in [0, 0.05) is 29.1 Å². The molecule has 1 N–H and O–H groups in total. The van der Waals surface area contributed by atoms with Crippen LogP contribution in [0.3, 0.4) is 0 Å². The number of hydrogen-bond acceptors (Lipinski definition) is 5. The zero-order chi connectivity index (χ0) is 26.9. The molecular formula is C32H42O5. The van der Waals surface area contributed by atoms with Crippen LogP contribution in [0.15, 0.2) is 53.6 Å². The second-order valence-electron chi connectivity index (χ2n) is 12.8. The third-order valence-corrected chi connectivity index (χ3v) is 10.3. The minimum Gasteiger partial charge on any atom is -0.454 e. The van der Waals surface area contributed by atoms with Gasteiger partial charge in [0.1, 0.15) is 6.10 Å². The van der Waals surface area contributed by atoms with E-state index in [0.717, 1.165) is 12.8 Å². The summed E-state index contributed by atoms with van der Waals surface area (Å²) in [6.07, 6.45) is 6.31. The van der Waals surface area contributed by atoms with E-state index < -0.39 is 34.6 Å². The van der Waals surface area contributed by atoms with Gasteiger partial charge in [-0.1, -0.05) is 76.1 Å². The Morgan fingerprint density at radius 3 is 2.24 bits per heavy atom. The Morgan fingerprint density at radius 1 is 1.05 bits per heavy atom. The Labute approximate surface area is 221 Å². The molecule has 5 heteroatoms. The van der Waals surface area contributed by atoms with Gasteiger partial charge in [0.25, 0.3) is 0 Å². The highest BCUT2D eigenvalue weighted by atomic mass is 16.6. The van der Waals surface area contributed by atoms with E-state index in [1.165, 1.54) is 11.1 Å². The van der Waals surface area contributed by atoms with Crippen molar-refractivity contribution in [2.75, 3.05) is 0 Å². The van der Waals surface area contributed by atoms with E-state index in [1.807, 2.05) is 39.0 Å². The van der Waals surface area contributed by atoms with E-state index >= 15 is 0 Å². The Morgan fingerprint density at radius 2 is 1.65 bits per heavy atom. The maximum absolute atomic E-state index is 13.4. The number of allylic oxidation sites excluding steroid dienone is 2. The van der Waals surface area contributed by atoms with Gasteiger partial charge in [0.15, 0.2) is 5.60 Å². The number of esters is 2. The smallest absolute Gasteiger partial charge is 0.338 e. The van der Waals surface area contributed by atoms with E-state index in [2.05, 4.69) is 39.8 Å². The number of rotatable bonds is 5. The summed E-state index contributed by atoms with van der Waals surface area (Å²) in [5.41, 5.74) is 0.435. The van der Waals surface area contributed by atoms with Crippen LogP contribution in [-0.2, 0) is 14.3 Å². The average Bonchev–Trinajstić information content (AvgIpc) is 3.15. The van der Waals surface area contributed by atoms with Crippen molar-refractivity contribution in [1.29, 1.82) is 0 Å². The molecule has 4 aliphatic carbocycles. The molecule has 0 saturated heterocycles. The minimum atomic E-state index is -1.12. The average molecular weight is 507 g/mol. The van der Waals surface area contributed by atoms with Gasteiger partial charge in [-0.25, -0.2) is 4.79 Å². The number of hydrogen-bond donors (Lipinski definition) is 1. The van der Waals surface area contributed by atoms with Crippen molar-refractivity contribution in [3.05, 3.63) is 59.2 Å². The molecule has 0 spiro atoms. The van der Waals surface area contributed by atoms with Gasteiger partial charge >= 0.3 is 11.9 Å². The quantitative estimate of drug-likeness (QED) is 0.384. The lowest BCUT2D eigenvalue weighted by atomic mass is 9.60. The number of aliphatic hydroxyl groups is 1. The molecule has 0 amide bonds. The largest absolute Gasteiger partial charge is 0.454 e. The maximum Gasteiger partial charge on any atom is 0.338 e. The van der Waals surface area contributed by atoms with E-state index in [1.54, 1.807) is 12.1 Å². The normalized spacial score (nSPS) is 40.1. The van der Waals surface area contributed by atoms with Gasteiger partial charge in [0.2, 0.25) is 0 Å². The molecule has 5 rings (SSSR count). The lowest BCUT2D eigenvalue weighted by Crippen LogP contribution is -2.63. The molecule has 200 valence electrons. The molecule has 37 heavy (non-hydrogen) atoms. The van der Waals surface area contributed by atoms with E-state index in [9.17, 15) is 14.7 Å². The van der Waals surface area contributed by atoms with Crippen LogP contribution in [0.1, 0.15) is 78.1 Å². The highest BCUT2D eigenvalue weighted by molar-refractivity contribution is 5.89. The second kappa shape index (κ2) is 8.83. The number of ether oxygens (including phenoxy) is 2. The summed E-state index contributed by atoms with van der Waals surface area (Å²) in [5, 5.41) is 12.8. The van der Waals surface area contributed by atoms with Crippen molar-refractivity contribution in [2.24, 2.45) is 40.9 Å². The minimum absolute atomic E-state index is 0.0428. The topological polar surface area (TPSA) is 72.8 Å². The Kier molecular flexibility index (Phi) is 6.26. The highest BCUT2D eigenvalue weighted by Gasteiger charge is 2.87. The molecule has 0 bridgehead atoms. The highest BCUT2D eigenvalue weighted by Crippen LogP contribution is 2.77. The lowest BCUT2D eigenvalue weighted by Gasteiger charge is -2.52. The van der Waals surface area contributed by atoms with Gasteiger partial charge in [-0.15, -0.1) is 0 Å². The maximum atomic E-state index is 13.4. The number of benzene rings is 1. The number of fused-ring (bicyclic) bond motifs is 5. The van der Waals surface area contributed by atoms with Crippen molar-refractivity contribution < 1.29 is 24.2 Å². The lowest BCUT2D eigenvalue weighted by molar-refractivity contribution is -0.210. The summed E-state index contributed by atoms with van der Waals surface area (Å²) in [6, 6.07) is 8.94. The van der Waals surface area contributed by atoms with Crippen LogP contribution in [0.2, 0.25) is 0 Å². The molecule has 1 aromatic rings. The van der Waals surface area contributed by atoms with Crippen LogP contribution < -0.4 is 0 Å². The van der Waals surface area contributed by atoms with E-state index in [4.69, 9.17) is 9.47 Å². The number of carbonyl (C=O) groups is 2. The summed E-state index contributed by atoms with van der Waals surface area (Å²) < 4.78 is 12.8. The SMILES string of the molecule is CCC(C)C(=O)O[C@@]12[C@H](OC(=O)c3ccccc3)[C@@H](C)[C@]3(O)[C@@H]4C=C(C)C[C@@H]4CC(C)=C[C@H]3[C@@H]1C2(C)C. The van der Waals surface area contributed by atoms with Gasteiger partial charge in [0.05, 0.1) is 17.1 Å².